The Morgan fingerprint density at radius 2 is 1.32 bits per heavy atom. The van der Waals surface area contributed by atoms with Gasteiger partial charge in [-0.15, -0.1) is 0 Å². The zero-order valence-electron chi connectivity index (χ0n) is 12.2. The van der Waals surface area contributed by atoms with E-state index >= 15 is 0 Å². The zero-order valence-corrected chi connectivity index (χ0v) is 13.0. The summed E-state index contributed by atoms with van der Waals surface area (Å²) in [6.07, 6.45) is 8.49. The molecule has 0 unspecified atom stereocenters. The van der Waals surface area contributed by atoms with Crippen LogP contribution in [-0.2, 0) is 10.1 Å². The minimum Gasteiger partial charge on any atom is -0.744 e. The van der Waals surface area contributed by atoms with Crippen LogP contribution >= 0.6 is 0 Å². The first-order valence-corrected chi connectivity index (χ1v) is 8.35. The van der Waals surface area contributed by atoms with Crippen LogP contribution in [0.3, 0.4) is 0 Å². The van der Waals surface area contributed by atoms with Crippen molar-refractivity contribution in [3.63, 3.8) is 0 Å². The normalized spacial score (nSPS) is 10.7. The lowest BCUT2D eigenvalue weighted by atomic mass is 10.1. The second-order valence-electron chi connectivity index (χ2n) is 4.68. The molecule has 1 aromatic carbocycles. The van der Waals surface area contributed by atoms with E-state index in [1.807, 2.05) is 6.92 Å². The topological polar surface area (TPSA) is 57.2 Å². The van der Waals surface area contributed by atoms with E-state index in [4.69, 9.17) is 0 Å². The molecule has 0 radical (unpaired) electrons. The number of hydrogen-bond donors (Lipinski definition) is 0. The van der Waals surface area contributed by atoms with Crippen molar-refractivity contribution in [2.45, 2.75) is 64.2 Å². The second-order valence-corrected chi connectivity index (χ2v) is 6.06. The van der Waals surface area contributed by atoms with Gasteiger partial charge in [-0.2, -0.15) is 0 Å². The first-order chi connectivity index (χ1) is 8.91. The number of benzene rings is 1. The Balaban J connectivity index is 0.000000362. The number of hydrogen-bond acceptors (Lipinski definition) is 3. The van der Waals surface area contributed by atoms with Gasteiger partial charge in [0.05, 0.1) is 4.90 Å². The van der Waals surface area contributed by atoms with Crippen LogP contribution in [-0.4, -0.2) is 13.0 Å². The van der Waals surface area contributed by atoms with Crippen molar-refractivity contribution in [2.24, 2.45) is 0 Å². The van der Waals surface area contributed by atoms with Gasteiger partial charge in [0.15, 0.2) is 0 Å². The first-order valence-electron chi connectivity index (χ1n) is 6.94. The first kappa shape index (κ1) is 18.1. The lowest BCUT2D eigenvalue weighted by Gasteiger charge is -2.05. The van der Waals surface area contributed by atoms with Crippen molar-refractivity contribution in [2.75, 3.05) is 0 Å². The highest BCUT2D eigenvalue weighted by molar-refractivity contribution is 7.85. The van der Waals surface area contributed by atoms with Gasteiger partial charge in [-0.25, -0.2) is 8.42 Å². The molecule has 0 amide bonds. The molecule has 0 heterocycles. The molecule has 0 aliphatic rings. The quantitative estimate of drug-likeness (QED) is 0.579. The molecule has 0 saturated heterocycles. The molecule has 0 N–H and O–H groups in total. The minimum atomic E-state index is -4.27. The van der Waals surface area contributed by atoms with Crippen LogP contribution in [0.25, 0.3) is 0 Å². The van der Waals surface area contributed by atoms with E-state index in [2.05, 4.69) is 13.8 Å². The SMILES string of the molecule is CCCCCCCC.Cc1ccc(S(=O)(=O)[O-])cc1. The summed E-state index contributed by atoms with van der Waals surface area (Å²) in [5.74, 6) is 0. The van der Waals surface area contributed by atoms with Gasteiger partial charge in [-0.1, -0.05) is 70.1 Å². The van der Waals surface area contributed by atoms with Crippen molar-refractivity contribution < 1.29 is 13.0 Å². The van der Waals surface area contributed by atoms with Crippen molar-refractivity contribution in [3.8, 4) is 0 Å². The third-order valence-corrected chi connectivity index (χ3v) is 3.62. The van der Waals surface area contributed by atoms with E-state index in [9.17, 15) is 13.0 Å². The van der Waals surface area contributed by atoms with E-state index in [1.165, 1.54) is 50.7 Å². The molecule has 1 aromatic rings. The van der Waals surface area contributed by atoms with E-state index in [0.29, 0.717) is 0 Å². The molecule has 0 spiro atoms. The van der Waals surface area contributed by atoms with Crippen LogP contribution in [0.1, 0.15) is 57.9 Å². The average Bonchev–Trinajstić information content (AvgIpc) is 2.35. The molecule has 0 saturated carbocycles. The summed E-state index contributed by atoms with van der Waals surface area (Å²) in [5, 5.41) is 0. The number of rotatable bonds is 6. The van der Waals surface area contributed by atoms with Gasteiger partial charge in [-0.05, 0) is 19.1 Å². The Hall–Kier alpha value is -0.870. The molecule has 0 bridgehead atoms. The van der Waals surface area contributed by atoms with Gasteiger partial charge >= 0.3 is 0 Å². The van der Waals surface area contributed by atoms with Crippen molar-refractivity contribution in [3.05, 3.63) is 29.8 Å². The van der Waals surface area contributed by atoms with Gasteiger partial charge in [0.2, 0.25) is 0 Å². The Kier molecular flexibility index (Phi) is 9.53. The molecule has 0 atom stereocenters. The van der Waals surface area contributed by atoms with Gasteiger partial charge in [0.25, 0.3) is 0 Å². The molecule has 0 aliphatic heterocycles. The largest absolute Gasteiger partial charge is 0.744 e. The van der Waals surface area contributed by atoms with Crippen LogP contribution in [0.15, 0.2) is 29.2 Å². The Morgan fingerprint density at radius 1 is 0.895 bits per heavy atom. The fourth-order valence-corrected chi connectivity index (χ4v) is 2.03. The van der Waals surface area contributed by atoms with Crippen molar-refractivity contribution in [1.82, 2.24) is 0 Å². The van der Waals surface area contributed by atoms with Gasteiger partial charge in [0, 0.05) is 0 Å². The summed E-state index contributed by atoms with van der Waals surface area (Å²) in [4.78, 5) is -0.178. The molecule has 110 valence electrons. The second kappa shape index (κ2) is 9.98. The molecule has 4 heteroatoms. The molecular formula is C15H25O3S-. The fourth-order valence-electron chi connectivity index (χ4n) is 1.56. The molecule has 1 rings (SSSR count). The Labute approximate surface area is 117 Å². The third kappa shape index (κ3) is 9.68. The molecule has 3 nitrogen and oxygen atoms in total. The Bertz CT molecular complexity index is 415. The van der Waals surface area contributed by atoms with Crippen LogP contribution in [0.2, 0.25) is 0 Å². The van der Waals surface area contributed by atoms with E-state index in [-0.39, 0.29) is 4.90 Å². The number of unbranched alkanes of at least 4 members (excludes halogenated alkanes) is 5. The summed E-state index contributed by atoms with van der Waals surface area (Å²) < 4.78 is 31.2. The molecule has 19 heavy (non-hydrogen) atoms. The minimum absolute atomic E-state index is 0.178. The van der Waals surface area contributed by atoms with Gasteiger partial charge in [-0.3, -0.25) is 0 Å². The molecule has 0 aliphatic carbocycles. The lowest BCUT2D eigenvalue weighted by Crippen LogP contribution is -1.97. The predicted octanol–water partition coefficient (Wildman–Crippen LogP) is 4.27. The van der Waals surface area contributed by atoms with Crippen molar-refractivity contribution >= 4 is 10.1 Å². The monoisotopic (exact) mass is 285 g/mol. The van der Waals surface area contributed by atoms with Crippen LogP contribution < -0.4 is 0 Å². The smallest absolute Gasteiger partial charge is 0.124 e. The van der Waals surface area contributed by atoms with E-state index < -0.39 is 10.1 Å². The number of aryl methyl sites for hydroxylation is 1. The zero-order chi connectivity index (χ0) is 14.7. The highest BCUT2D eigenvalue weighted by atomic mass is 32.2. The summed E-state index contributed by atoms with van der Waals surface area (Å²) in [5.41, 5.74) is 0.928. The summed E-state index contributed by atoms with van der Waals surface area (Å²) in [6, 6.07) is 5.78. The standard InChI is InChI=1S/C8H18.C7H8O3S/c1-3-5-7-8-6-4-2;1-6-2-4-7(5-3-6)11(8,9)10/h3-8H2,1-2H3;2-5H,1H3,(H,8,9,10)/p-1. The Morgan fingerprint density at radius 3 is 1.63 bits per heavy atom. The highest BCUT2D eigenvalue weighted by Gasteiger charge is 1.97. The summed E-state index contributed by atoms with van der Waals surface area (Å²) in [6.45, 7) is 6.33. The summed E-state index contributed by atoms with van der Waals surface area (Å²) >= 11 is 0. The van der Waals surface area contributed by atoms with Gasteiger partial charge in [0.1, 0.15) is 10.1 Å². The third-order valence-electron chi connectivity index (χ3n) is 2.77. The van der Waals surface area contributed by atoms with Gasteiger partial charge < -0.3 is 4.55 Å². The highest BCUT2D eigenvalue weighted by Crippen LogP contribution is 2.08. The predicted molar refractivity (Wildman–Crippen MR) is 78.2 cm³/mol. The maximum atomic E-state index is 10.4. The lowest BCUT2D eigenvalue weighted by molar-refractivity contribution is 0.463. The molecular weight excluding hydrogens is 260 g/mol. The van der Waals surface area contributed by atoms with Crippen LogP contribution in [0, 0.1) is 6.92 Å². The molecule has 0 aromatic heterocycles. The average molecular weight is 285 g/mol. The van der Waals surface area contributed by atoms with E-state index in [1.54, 1.807) is 12.1 Å². The maximum Gasteiger partial charge on any atom is 0.124 e. The van der Waals surface area contributed by atoms with Crippen LogP contribution in [0.4, 0.5) is 0 Å². The van der Waals surface area contributed by atoms with E-state index in [0.717, 1.165) is 5.56 Å². The maximum absolute atomic E-state index is 10.4. The summed E-state index contributed by atoms with van der Waals surface area (Å²) in [7, 11) is -4.27. The molecule has 0 fully saturated rings. The fraction of sp³-hybridized carbons (Fsp3) is 0.600. The van der Waals surface area contributed by atoms with Crippen molar-refractivity contribution in [1.29, 1.82) is 0 Å². The van der Waals surface area contributed by atoms with Crippen LogP contribution in [0.5, 0.6) is 0 Å².